The molecule has 3 N–H and O–H groups in total. The third kappa shape index (κ3) is 3.73. The molecule has 0 spiro atoms. The van der Waals surface area contributed by atoms with Crippen LogP contribution in [0, 0.1) is 5.92 Å². The van der Waals surface area contributed by atoms with Crippen molar-refractivity contribution in [2.45, 2.75) is 26.2 Å². The molecule has 1 aliphatic rings. The predicted molar refractivity (Wildman–Crippen MR) is 95.0 cm³/mol. The number of fused-ring (bicyclic) bond motifs is 1. The fourth-order valence-electron chi connectivity index (χ4n) is 2.81. The number of rotatable bonds is 4. The average molecular weight is 385 g/mol. The summed E-state index contributed by atoms with van der Waals surface area (Å²) in [6, 6.07) is 1.79. The molecule has 2 aromatic heterocycles. The summed E-state index contributed by atoms with van der Waals surface area (Å²) >= 11 is 1.46. The standard InChI is InChI=1S/C14H19N5O4S2/c1-2-10-7-11-13(24-10)16-8-19(14(11)21)17-12(20)9-3-5-18(6-4-9)25(15,22)23/h7-9H,2-6H2,1H3,(H,17,20)(H2,15,22,23). The Hall–Kier alpha value is -1.82. The zero-order valence-corrected chi connectivity index (χ0v) is 15.3. The number of aromatic nitrogens is 2. The highest BCUT2D eigenvalue weighted by Gasteiger charge is 2.29. The molecule has 9 nitrogen and oxygen atoms in total. The smallest absolute Gasteiger partial charge is 0.273 e. The van der Waals surface area contributed by atoms with Gasteiger partial charge < -0.3 is 0 Å². The van der Waals surface area contributed by atoms with Gasteiger partial charge in [-0.3, -0.25) is 15.0 Å². The van der Waals surface area contributed by atoms with Gasteiger partial charge in [-0.2, -0.15) is 12.7 Å². The van der Waals surface area contributed by atoms with Crippen LogP contribution in [0.3, 0.4) is 0 Å². The van der Waals surface area contributed by atoms with E-state index in [9.17, 15) is 18.0 Å². The van der Waals surface area contributed by atoms with Gasteiger partial charge in [-0.25, -0.2) is 14.8 Å². The molecule has 1 amide bonds. The number of hydrogen-bond acceptors (Lipinski definition) is 6. The lowest BCUT2D eigenvalue weighted by molar-refractivity contribution is -0.121. The van der Waals surface area contributed by atoms with E-state index in [1.165, 1.54) is 17.7 Å². The summed E-state index contributed by atoms with van der Waals surface area (Å²) in [6.45, 7) is 2.37. The number of hydrogen-bond donors (Lipinski definition) is 2. The molecule has 0 aromatic carbocycles. The second kappa shape index (κ2) is 6.83. The van der Waals surface area contributed by atoms with Crippen molar-refractivity contribution in [2.24, 2.45) is 11.1 Å². The highest BCUT2D eigenvalue weighted by molar-refractivity contribution is 7.86. The SMILES string of the molecule is CCc1cc2c(=O)n(NC(=O)C3CCN(S(N)(=O)=O)CC3)cnc2s1. The molecule has 0 aliphatic carbocycles. The van der Waals surface area contributed by atoms with E-state index in [4.69, 9.17) is 5.14 Å². The summed E-state index contributed by atoms with van der Waals surface area (Å²) in [5, 5.41) is 5.57. The fraction of sp³-hybridized carbons (Fsp3) is 0.500. The van der Waals surface area contributed by atoms with Crippen LogP contribution in [0.2, 0.25) is 0 Å². The normalized spacial score (nSPS) is 17.0. The minimum Gasteiger partial charge on any atom is -0.273 e. The molecular weight excluding hydrogens is 366 g/mol. The molecule has 2 aromatic rings. The van der Waals surface area contributed by atoms with Crippen LogP contribution >= 0.6 is 11.3 Å². The molecule has 3 heterocycles. The van der Waals surface area contributed by atoms with E-state index >= 15 is 0 Å². The van der Waals surface area contributed by atoms with Crippen molar-refractivity contribution in [3.63, 3.8) is 0 Å². The largest absolute Gasteiger partial charge is 0.280 e. The number of nitrogens with zero attached hydrogens (tertiary/aromatic N) is 3. The van der Waals surface area contributed by atoms with Gasteiger partial charge in [-0.1, -0.05) is 6.92 Å². The van der Waals surface area contributed by atoms with Crippen LogP contribution < -0.4 is 16.1 Å². The maximum absolute atomic E-state index is 12.5. The molecule has 3 rings (SSSR count). The molecule has 0 atom stereocenters. The first-order valence-electron chi connectivity index (χ1n) is 7.88. The zero-order valence-electron chi connectivity index (χ0n) is 13.6. The average Bonchev–Trinajstić information content (AvgIpc) is 3.01. The van der Waals surface area contributed by atoms with Crippen molar-refractivity contribution in [2.75, 3.05) is 18.5 Å². The third-order valence-corrected chi connectivity index (χ3v) is 6.54. The van der Waals surface area contributed by atoms with Gasteiger partial charge in [0, 0.05) is 23.9 Å². The van der Waals surface area contributed by atoms with Crippen LogP contribution in [0.1, 0.15) is 24.6 Å². The highest BCUT2D eigenvalue weighted by Crippen LogP contribution is 2.21. The van der Waals surface area contributed by atoms with Crippen molar-refractivity contribution in [3.05, 3.63) is 27.6 Å². The number of nitrogens with two attached hydrogens (primary N) is 1. The Labute approximate surface area is 148 Å². The van der Waals surface area contributed by atoms with E-state index in [2.05, 4.69) is 10.4 Å². The number of nitrogens with one attached hydrogen (secondary N) is 1. The zero-order chi connectivity index (χ0) is 18.2. The Kier molecular flexibility index (Phi) is 4.91. The van der Waals surface area contributed by atoms with E-state index < -0.39 is 10.2 Å². The Morgan fingerprint density at radius 3 is 2.72 bits per heavy atom. The number of aryl methyl sites for hydroxylation is 1. The van der Waals surface area contributed by atoms with E-state index in [1.54, 1.807) is 6.07 Å². The second-order valence-corrected chi connectivity index (χ2v) is 8.56. The van der Waals surface area contributed by atoms with Crippen LogP contribution in [-0.4, -0.2) is 41.4 Å². The Morgan fingerprint density at radius 1 is 1.44 bits per heavy atom. The Bertz CT molecular complexity index is 957. The maximum Gasteiger partial charge on any atom is 0.280 e. The second-order valence-electron chi connectivity index (χ2n) is 5.90. The van der Waals surface area contributed by atoms with E-state index in [1.807, 2.05) is 6.92 Å². The molecule has 1 aliphatic heterocycles. The van der Waals surface area contributed by atoms with Gasteiger partial charge in [0.05, 0.1) is 5.39 Å². The van der Waals surface area contributed by atoms with Crippen LogP contribution in [0.15, 0.2) is 17.2 Å². The molecule has 136 valence electrons. The topological polar surface area (TPSA) is 127 Å². The highest BCUT2D eigenvalue weighted by atomic mass is 32.2. The molecule has 0 radical (unpaired) electrons. The van der Waals surface area contributed by atoms with Gasteiger partial charge in [-0.15, -0.1) is 11.3 Å². The number of thiophene rings is 1. The molecule has 11 heteroatoms. The summed E-state index contributed by atoms with van der Waals surface area (Å²) < 4.78 is 24.8. The van der Waals surface area contributed by atoms with E-state index in [0.29, 0.717) is 23.1 Å². The van der Waals surface area contributed by atoms with Crippen molar-refractivity contribution in [1.82, 2.24) is 14.0 Å². The number of carbonyl (C=O) groups excluding carboxylic acids is 1. The summed E-state index contributed by atoms with van der Waals surface area (Å²) in [6.07, 6.45) is 2.82. The summed E-state index contributed by atoms with van der Waals surface area (Å²) in [5.74, 6) is -0.711. The van der Waals surface area contributed by atoms with Crippen molar-refractivity contribution < 1.29 is 13.2 Å². The maximum atomic E-state index is 12.5. The van der Waals surface area contributed by atoms with Crippen molar-refractivity contribution >= 4 is 37.7 Å². The monoisotopic (exact) mass is 385 g/mol. The molecule has 1 fully saturated rings. The molecular formula is C14H19N5O4S2. The van der Waals surface area contributed by atoms with Crippen LogP contribution in [0.4, 0.5) is 0 Å². The number of piperidine rings is 1. The van der Waals surface area contributed by atoms with Crippen LogP contribution in [0.25, 0.3) is 10.2 Å². The van der Waals surface area contributed by atoms with Gasteiger partial charge in [0.2, 0.25) is 5.91 Å². The van der Waals surface area contributed by atoms with Gasteiger partial charge in [0.15, 0.2) is 0 Å². The van der Waals surface area contributed by atoms with Gasteiger partial charge in [-0.05, 0) is 25.3 Å². The Balaban J connectivity index is 1.72. The minimum absolute atomic E-state index is 0.188. The first-order valence-corrected chi connectivity index (χ1v) is 10.2. The molecule has 25 heavy (non-hydrogen) atoms. The number of carbonyl (C=O) groups is 1. The van der Waals surface area contributed by atoms with Crippen LogP contribution in [0.5, 0.6) is 0 Å². The number of amides is 1. The first kappa shape index (κ1) is 18.0. The fourth-order valence-corrected chi connectivity index (χ4v) is 4.45. The summed E-state index contributed by atoms with van der Waals surface area (Å²) in [4.78, 5) is 30.8. The van der Waals surface area contributed by atoms with Crippen molar-refractivity contribution in [1.29, 1.82) is 0 Å². The Morgan fingerprint density at radius 2 is 2.12 bits per heavy atom. The van der Waals surface area contributed by atoms with Gasteiger partial charge in [0.1, 0.15) is 11.2 Å². The molecule has 1 saturated heterocycles. The minimum atomic E-state index is -3.73. The van der Waals surface area contributed by atoms with Gasteiger partial charge >= 0.3 is 0 Å². The summed E-state index contributed by atoms with van der Waals surface area (Å²) in [5.41, 5.74) is 2.24. The van der Waals surface area contributed by atoms with E-state index in [-0.39, 0.29) is 30.5 Å². The van der Waals surface area contributed by atoms with Gasteiger partial charge in [0.25, 0.3) is 15.8 Å². The van der Waals surface area contributed by atoms with Crippen LogP contribution in [-0.2, 0) is 21.4 Å². The molecule has 0 bridgehead atoms. The lowest BCUT2D eigenvalue weighted by atomic mass is 9.98. The lowest BCUT2D eigenvalue weighted by Crippen LogP contribution is -2.45. The first-order chi connectivity index (χ1) is 11.8. The third-order valence-electron chi connectivity index (χ3n) is 4.27. The van der Waals surface area contributed by atoms with Crippen molar-refractivity contribution in [3.8, 4) is 0 Å². The predicted octanol–water partition coefficient (Wildman–Crippen LogP) is 0.00600. The summed E-state index contributed by atoms with van der Waals surface area (Å²) in [7, 11) is -3.73. The lowest BCUT2D eigenvalue weighted by Gasteiger charge is -2.29. The quantitative estimate of drug-likeness (QED) is 0.766. The molecule has 0 saturated carbocycles. The molecule has 0 unspecified atom stereocenters. The van der Waals surface area contributed by atoms with E-state index in [0.717, 1.165) is 20.3 Å².